The van der Waals surface area contributed by atoms with Crippen molar-refractivity contribution in [1.82, 2.24) is 0 Å². The van der Waals surface area contributed by atoms with Crippen molar-refractivity contribution in [1.29, 1.82) is 0 Å². The lowest BCUT2D eigenvalue weighted by molar-refractivity contribution is 0.507. The fourth-order valence-electron chi connectivity index (χ4n) is 10.7. The Morgan fingerprint density at radius 3 is 1.71 bits per heavy atom. The maximum Gasteiger partial charge on any atom is 0.135 e. The predicted molar refractivity (Wildman–Crippen MR) is 229 cm³/mol. The first-order valence-electron chi connectivity index (χ1n) is 19.8. The molecule has 2 atom stereocenters. The molecule has 264 valence electrons. The average molecular weight is 715 g/mol. The molecule has 9 aromatic rings. The highest BCUT2D eigenvalue weighted by molar-refractivity contribution is 6.04. The van der Waals surface area contributed by atoms with Crippen LogP contribution in [-0.2, 0) is 10.8 Å². The van der Waals surface area contributed by atoms with Crippen LogP contribution in [0, 0.1) is 0 Å². The van der Waals surface area contributed by atoms with Gasteiger partial charge in [-0.05, 0) is 95.6 Å². The number of benzene rings is 8. The van der Waals surface area contributed by atoms with Gasteiger partial charge < -0.3 is 4.42 Å². The van der Waals surface area contributed by atoms with E-state index in [4.69, 9.17) is 4.42 Å². The van der Waals surface area contributed by atoms with Gasteiger partial charge in [0, 0.05) is 22.3 Å². The molecule has 12 rings (SSSR count). The van der Waals surface area contributed by atoms with E-state index in [1.54, 1.807) is 0 Å². The summed E-state index contributed by atoms with van der Waals surface area (Å²) in [4.78, 5) is 0. The lowest BCUT2D eigenvalue weighted by atomic mass is 9.73. The largest absolute Gasteiger partial charge is 0.459 e. The van der Waals surface area contributed by atoms with Gasteiger partial charge in [0.2, 0.25) is 0 Å². The number of furan rings is 1. The van der Waals surface area contributed by atoms with Gasteiger partial charge in [-0.3, -0.25) is 0 Å². The third-order valence-corrected chi connectivity index (χ3v) is 13.2. The summed E-state index contributed by atoms with van der Waals surface area (Å²) in [6, 6.07) is 69.9. The average Bonchev–Trinajstić information content (AvgIpc) is 3.93. The van der Waals surface area contributed by atoms with Crippen LogP contribution in [0.3, 0.4) is 0 Å². The molecule has 2 unspecified atom stereocenters. The quantitative estimate of drug-likeness (QED) is 0.165. The van der Waals surface area contributed by atoms with E-state index in [9.17, 15) is 0 Å². The molecule has 1 nitrogen and oxygen atoms in total. The standard InChI is InChI=1S/C55H38O/c1-54(2)45-20-10-6-16-39(45)41-31-29-38(33-48(41)54)51(35-14-4-3-5-15-35)36-26-24-34(25-27-36)37-28-30-42-40-17-7-11-21-46(40)55(49(42)32-37)47-22-12-8-18-43(47)52-44-19-9-13-23-50(44)56-53(52)55/h3-33,51H,1-2H3. The van der Waals surface area contributed by atoms with Crippen LogP contribution in [0.25, 0.3) is 55.5 Å². The van der Waals surface area contributed by atoms with Crippen molar-refractivity contribution >= 4 is 11.0 Å². The number of para-hydroxylation sites is 1. The highest BCUT2D eigenvalue weighted by atomic mass is 16.3. The van der Waals surface area contributed by atoms with Gasteiger partial charge in [-0.2, -0.15) is 0 Å². The molecule has 0 fully saturated rings. The molecule has 0 saturated carbocycles. The summed E-state index contributed by atoms with van der Waals surface area (Å²) >= 11 is 0. The van der Waals surface area contributed by atoms with Crippen LogP contribution in [0.15, 0.2) is 192 Å². The molecule has 0 aliphatic heterocycles. The molecular weight excluding hydrogens is 677 g/mol. The molecule has 0 saturated heterocycles. The third-order valence-electron chi connectivity index (χ3n) is 13.2. The molecule has 0 N–H and O–H groups in total. The smallest absolute Gasteiger partial charge is 0.135 e. The molecule has 8 aromatic carbocycles. The summed E-state index contributed by atoms with van der Waals surface area (Å²) in [5.41, 5.74) is 21.1. The number of hydrogen-bond donors (Lipinski definition) is 0. The minimum absolute atomic E-state index is 0.0550. The van der Waals surface area contributed by atoms with E-state index in [0.717, 1.165) is 11.3 Å². The van der Waals surface area contributed by atoms with Crippen LogP contribution >= 0.6 is 0 Å². The molecular formula is C55H38O. The van der Waals surface area contributed by atoms with Gasteiger partial charge in [-0.1, -0.05) is 190 Å². The van der Waals surface area contributed by atoms with Crippen LogP contribution in [-0.4, -0.2) is 0 Å². The molecule has 1 heteroatoms. The second-order valence-corrected chi connectivity index (χ2v) is 16.3. The SMILES string of the molecule is CC1(C)c2ccccc2-c2ccc(C(c3ccccc3)c3ccc(-c4ccc5c(c4)C4(c6ccccc6-5)c5ccccc5-c5c4oc4ccccc54)cc3)cc21. The van der Waals surface area contributed by atoms with Crippen LogP contribution in [0.2, 0.25) is 0 Å². The molecule has 1 aromatic heterocycles. The topological polar surface area (TPSA) is 13.1 Å². The van der Waals surface area contributed by atoms with Crippen molar-refractivity contribution in [2.24, 2.45) is 0 Å². The van der Waals surface area contributed by atoms with Gasteiger partial charge >= 0.3 is 0 Å². The Kier molecular flexibility index (Phi) is 6.45. The second kappa shape index (κ2) is 11.4. The minimum Gasteiger partial charge on any atom is -0.459 e. The van der Waals surface area contributed by atoms with Crippen molar-refractivity contribution in [2.45, 2.75) is 30.6 Å². The summed E-state index contributed by atoms with van der Waals surface area (Å²) in [7, 11) is 0. The van der Waals surface area contributed by atoms with E-state index in [0.29, 0.717) is 0 Å². The summed E-state index contributed by atoms with van der Waals surface area (Å²) in [6.45, 7) is 4.73. The van der Waals surface area contributed by atoms with Crippen molar-refractivity contribution in [3.05, 3.63) is 238 Å². The van der Waals surface area contributed by atoms with Crippen LogP contribution in [0.4, 0.5) is 0 Å². The maximum absolute atomic E-state index is 6.98. The monoisotopic (exact) mass is 714 g/mol. The summed E-state index contributed by atoms with van der Waals surface area (Å²) in [5.74, 6) is 1.14. The first-order valence-corrected chi connectivity index (χ1v) is 19.8. The first kappa shape index (κ1) is 31.6. The van der Waals surface area contributed by atoms with E-state index in [1.807, 2.05) is 0 Å². The van der Waals surface area contributed by atoms with Crippen LogP contribution < -0.4 is 0 Å². The zero-order valence-electron chi connectivity index (χ0n) is 31.4. The highest BCUT2D eigenvalue weighted by Crippen LogP contribution is 2.64. The molecule has 3 aliphatic carbocycles. The summed E-state index contributed by atoms with van der Waals surface area (Å²) < 4.78 is 6.98. The van der Waals surface area contributed by atoms with E-state index >= 15 is 0 Å². The van der Waals surface area contributed by atoms with Crippen molar-refractivity contribution in [3.8, 4) is 44.5 Å². The molecule has 1 spiro atoms. The van der Waals surface area contributed by atoms with E-state index < -0.39 is 5.41 Å². The first-order chi connectivity index (χ1) is 27.5. The minimum atomic E-state index is -0.535. The van der Waals surface area contributed by atoms with Crippen molar-refractivity contribution < 1.29 is 4.42 Å². The molecule has 0 bridgehead atoms. The number of hydrogen-bond acceptors (Lipinski definition) is 1. The van der Waals surface area contributed by atoms with E-state index in [2.05, 4.69) is 202 Å². The van der Waals surface area contributed by atoms with E-state index in [-0.39, 0.29) is 11.3 Å². The van der Waals surface area contributed by atoms with Gasteiger partial charge in [0.05, 0.1) is 0 Å². The Hall–Kier alpha value is -6.70. The molecule has 56 heavy (non-hydrogen) atoms. The Morgan fingerprint density at radius 2 is 0.929 bits per heavy atom. The summed E-state index contributed by atoms with van der Waals surface area (Å²) in [6.07, 6.45) is 0. The van der Waals surface area contributed by atoms with Gasteiger partial charge in [-0.15, -0.1) is 0 Å². The van der Waals surface area contributed by atoms with Gasteiger partial charge in [0.15, 0.2) is 0 Å². The lowest BCUT2D eigenvalue weighted by Crippen LogP contribution is -2.25. The molecule has 0 amide bonds. The van der Waals surface area contributed by atoms with E-state index in [1.165, 1.54) is 94.4 Å². The zero-order valence-corrected chi connectivity index (χ0v) is 31.4. The van der Waals surface area contributed by atoms with Gasteiger partial charge in [0.25, 0.3) is 0 Å². The fourth-order valence-corrected chi connectivity index (χ4v) is 10.7. The van der Waals surface area contributed by atoms with Crippen molar-refractivity contribution in [3.63, 3.8) is 0 Å². The van der Waals surface area contributed by atoms with Crippen LogP contribution in [0.1, 0.15) is 70.0 Å². The number of fused-ring (bicyclic) bond motifs is 15. The molecule has 3 aliphatic rings. The summed E-state index contributed by atoms with van der Waals surface area (Å²) in [5, 5.41) is 1.17. The predicted octanol–water partition coefficient (Wildman–Crippen LogP) is 13.9. The Morgan fingerprint density at radius 1 is 0.393 bits per heavy atom. The van der Waals surface area contributed by atoms with Gasteiger partial charge in [-0.25, -0.2) is 0 Å². The Labute approximate surface area is 327 Å². The Bertz CT molecular complexity index is 3050. The zero-order chi connectivity index (χ0) is 37.2. The fraction of sp³-hybridized carbons (Fsp3) is 0.0909. The second-order valence-electron chi connectivity index (χ2n) is 16.3. The third kappa shape index (κ3) is 4.10. The van der Waals surface area contributed by atoms with Gasteiger partial charge in [0.1, 0.15) is 16.8 Å². The maximum atomic E-state index is 6.98. The normalized spacial score (nSPS) is 16.9. The molecule has 0 radical (unpaired) electrons. The molecule has 1 heterocycles. The highest BCUT2D eigenvalue weighted by Gasteiger charge is 2.55. The number of rotatable bonds is 4. The lowest BCUT2D eigenvalue weighted by Gasteiger charge is -2.28. The Balaban J connectivity index is 0.998. The van der Waals surface area contributed by atoms with Crippen molar-refractivity contribution in [2.75, 3.05) is 0 Å². The van der Waals surface area contributed by atoms with Crippen LogP contribution in [0.5, 0.6) is 0 Å².